The van der Waals surface area contributed by atoms with Gasteiger partial charge < -0.3 is 20.1 Å². The van der Waals surface area contributed by atoms with E-state index in [1.807, 2.05) is 54.6 Å². The van der Waals surface area contributed by atoms with E-state index in [1.54, 1.807) is 0 Å². The molecule has 5 nitrogen and oxygen atoms in total. The summed E-state index contributed by atoms with van der Waals surface area (Å²) in [4.78, 5) is 12.1. The van der Waals surface area contributed by atoms with E-state index in [0.717, 1.165) is 17.2 Å². The molecule has 1 aliphatic heterocycles. The van der Waals surface area contributed by atoms with Gasteiger partial charge in [0.2, 0.25) is 5.91 Å². The Labute approximate surface area is 141 Å². The van der Waals surface area contributed by atoms with Gasteiger partial charge in [0.15, 0.2) is 0 Å². The predicted octanol–water partition coefficient (Wildman–Crippen LogP) is 2.83. The van der Waals surface area contributed by atoms with Crippen molar-refractivity contribution in [3.8, 4) is 11.5 Å². The van der Waals surface area contributed by atoms with Gasteiger partial charge in [0.25, 0.3) is 0 Å². The summed E-state index contributed by atoms with van der Waals surface area (Å²) in [5, 5.41) is 5.99. The molecule has 1 unspecified atom stereocenters. The Bertz CT molecular complexity index is 613. The fourth-order valence-electron chi connectivity index (χ4n) is 2.19. The Balaban J connectivity index is 0.00000192. The fraction of sp³-hybridized carbons (Fsp3) is 0.235. The van der Waals surface area contributed by atoms with Crippen molar-refractivity contribution in [3.05, 3.63) is 54.6 Å². The van der Waals surface area contributed by atoms with E-state index >= 15 is 0 Å². The van der Waals surface area contributed by atoms with Crippen LogP contribution in [0.5, 0.6) is 11.5 Å². The number of benzene rings is 2. The van der Waals surface area contributed by atoms with Crippen molar-refractivity contribution in [2.24, 2.45) is 0 Å². The van der Waals surface area contributed by atoms with E-state index in [-0.39, 0.29) is 24.4 Å². The molecule has 1 fully saturated rings. The van der Waals surface area contributed by atoms with E-state index in [1.165, 1.54) is 0 Å². The third-order valence-electron chi connectivity index (χ3n) is 3.34. The minimum atomic E-state index is -0.297. The largest absolute Gasteiger partial charge is 0.457 e. The Morgan fingerprint density at radius 2 is 1.78 bits per heavy atom. The molecule has 3 rings (SSSR count). The van der Waals surface area contributed by atoms with Crippen LogP contribution in [-0.2, 0) is 9.53 Å². The molecule has 122 valence electrons. The van der Waals surface area contributed by atoms with Crippen LogP contribution >= 0.6 is 12.4 Å². The Hall–Kier alpha value is -2.08. The lowest BCUT2D eigenvalue weighted by molar-refractivity contribution is -0.120. The minimum Gasteiger partial charge on any atom is -0.457 e. The zero-order valence-corrected chi connectivity index (χ0v) is 13.3. The summed E-state index contributed by atoms with van der Waals surface area (Å²) in [6.45, 7) is 1.75. The third-order valence-corrected chi connectivity index (χ3v) is 3.34. The molecule has 2 aromatic rings. The second kappa shape index (κ2) is 8.53. The maximum atomic E-state index is 12.1. The average molecular weight is 335 g/mol. The van der Waals surface area contributed by atoms with Crippen LogP contribution in [0.2, 0.25) is 0 Å². The van der Waals surface area contributed by atoms with Crippen LogP contribution in [0.25, 0.3) is 0 Å². The first-order valence-electron chi connectivity index (χ1n) is 7.26. The van der Waals surface area contributed by atoms with Gasteiger partial charge in [0, 0.05) is 12.2 Å². The molecular weight excluding hydrogens is 316 g/mol. The molecule has 1 amide bonds. The summed E-state index contributed by atoms with van der Waals surface area (Å²) in [5.41, 5.74) is 0.734. The van der Waals surface area contributed by atoms with Crippen LogP contribution in [0.15, 0.2) is 54.6 Å². The second-order valence-corrected chi connectivity index (χ2v) is 5.01. The molecule has 2 aromatic carbocycles. The van der Waals surface area contributed by atoms with Gasteiger partial charge >= 0.3 is 0 Å². The number of anilines is 1. The Kier molecular flexibility index (Phi) is 6.40. The SMILES string of the molecule is Cl.O=C(Nc1ccc(Oc2ccccc2)cc1)C1COCCN1. The molecule has 0 spiro atoms. The number of para-hydroxylation sites is 1. The molecule has 1 saturated heterocycles. The monoisotopic (exact) mass is 334 g/mol. The van der Waals surface area contributed by atoms with Crippen LogP contribution in [0.4, 0.5) is 5.69 Å². The number of amides is 1. The first-order valence-corrected chi connectivity index (χ1v) is 7.26. The molecule has 0 radical (unpaired) electrons. The standard InChI is InChI=1S/C17H18N2O3.ClH/c20-17(16-12-21-11-10-18-16)19-13-6-8-15(9-7-13)22-14-4-2-1-3-5-14;/h1-9,16,18H,10-12H2,(H,19,20);1H. The fourth-order valence-corrected chi connectivity index (χ4v) is 2.19. The topological polar surface area (TPSA) is 59.6 Å². The summed E-state index contributed by atoms with van der Waals surface area (Å²) in [5.74, 6) is 1.42. The maximum absolute atomic E-state index is 12.1. The van der Waals surface area contributed by atoms with Crippen molar-refractivity contribution in [3.63, 3.8) is 0 Å². The normalized spacial score (nSPS) is 17.0. The zero-order chi connectivity index (χ0) is 15.2. The van der Waals surface area contributed by atoms with E-state index in [9.17, 15) is 4.79 Å². The van der Waals surface area contributed by atoms with Crippen molar-refractivity contribution >= 4 is 24.0 Å². The Morgan fingerprint density at radius 1 is 1.09 bits per heavy atom. The molecule has 1 aliphatic rings. The molecule has 0 saturated carbocycles. The summed E-state index contributed by atoms with van der Waals surface area (Å²) in [7, 11) is 0. The van der Waals surface area contributed by atoms with Crippen LogP contribution in [0, 0.1) is 0 Å². The number of morpholine rings is 1. The molecule has 0 bridgehead atoms. The van der Waals surface area contributed by atoms with Crippen molar-refractivity contribution in [2.45, 2.75) is 6.04 Å². The molecule has 6 heteroatoms. The van der Waals surface area contributed by atoms with Crippen LogP contribution < -0.4 is 15.4 Å². The number of rotatable bonds is 4. The molecule has 0 aliphatic carbocycles. The summed E-state index contributed by atoms with van der Waals surface area (Å²) < 4.78 is 11.0. The van der Waals surface area contributed by atoms with Gasteiger partial charge in [-0.25, -0.2) is 0 Å². The number of carbonyl (C=O) groups is 1. The van der Waals surface area contributed by atoms with Gasteiger partial charge in [-0.05, 0) is 36.4 Å². The van der Waals surface area contributed by atoms with Crippen molar-refractivity contribution in [1.82, 2.24) is 5.32 Å². The van der Waals surface area contributed by atoms with E-state index in [2.05, 4.69) is 10.6 Å². The maximum Gasteiger partial charge on any atom is 0.243 e. The smallest absolute Gasteiger partial charge is 0.243 e. The second-order valence-electron chi connectivity index (χ2n) is 5.01. The van der Waals surface area contributed by atoms with Crippen LogP contribution in [0.1, 0.15) is 0 Å². The minimum absolute atomic E-state index is 0. The number of carbonyl (C=O) groups excluding carboxylic acids is 1. The molecule has 23 heavy (non-hydrogen) atoms. The number of hydrogen-bond donors (Lipinski definition) is 2. The first-order chi connectivity index (χ1) is 10.8. The van der Waals surface area contributed by atoms with Gasteiger partial charge in [0.05, 0.1) is 13.2 Å². The predicted molar refractivity (Wildman–Crippen MR) is 91.4 cm³/mol. The van der Waals surface area contributed by atoms with E-state index in [0.29, 0.717) is 19.8 Å². The van der Waals surface area contributed by atoms with Gasteiger partial charge in [0.1, 0.15) is 17.5 Å². The first kappa shape index (κ1) is 17.3. The molecular formula is C17H19ClN2O3. The van der Waals surface area contributed by atoms with Crippen molar-refractivity contribution < 1.29 is 14.3 Å². The highest BCUT2D eigenvalue weighted by Gasteiger charge is 2.20. The molecule has 0 aromatic heterocycles. The number of ether oxygens (including phenoxy) is 2. The van der Waals surface area contributed by atoms with Gasteiger partial charge in [-0.1, -0.05) is 18.2 Å². The number of hydrogen-bond acceptors (Lipinski definition) is 4. The highest BCUT2D eigenvalue weighted by molar-refractivity contribution is 5.95. The lowest BCUT2D eigenvalue weighted by atomic mass is 10.2. The third kappa shape index (κ3) is 4.96. The van der Waals surface area contributed by atoms with Crippen LogP contribution in [-0.4, -0.2) is 31.7 Å². The number of halogens is 1. The molecule has 2 N–H and O–H groups in total. The van der Waals surface area contributed by atoms with Crippen LogP contribution in [0.3, 0.4) is 0 Å². The van der Waals surface area contributed by atoms with E-state index in [4.69, 9.17) is 9.47 Å². The highest BCUT2D eigenvalue weighted by Crippen LogP contribution is 2.22. The lowest BCUT2D eigenvalue weighted by Crippen LogP contribution is -2.48. The quantitative estimate of drug-likeness (QED) is 0.902. The molecule has 1 atom stereocenters. The van der Waals surface area contributed by atoms with Gasteiger partial charge in [-0.2, -0.15) is 0 Å². The lowest BCUT2D eigenvalue weighted by Gasteiger charge is -2.22. The Morgan fingerprint density at radius 3 is 2.43 bits per heavy atom. The zero-order valence-electron chi connectivity index (χ0n) is 12.5. The van der Waals surface area contributed by atoms with Gasteiger partial charge in [-0.15, -0.1) is 12.4 Å². The average Bonchev–Trinajstić information content (AvgIpc) is 2.58. The van der Waals surface area contributed by atoms with E-state index < -0.39 is 0 Å². The summed E-state index contributed by atoms with van der Waals surface area (Å²) in [6.07, 6.45) is 0. The summed E-state index contributed by atoms with van der Waals surface area (Å²) in [6, 6.07) is 16.6. The highest BCUT2D eigenvalue weighted by atomic mass is 35.5. The number of nitrogens with one attached hydrogen (secondary N) is 2. The van der Waals surface area contributed by atoms with Gasteiger partial charge in [-0.3, -0.25) is 4.79 Å². The summed E-state index contributed by atoms with van der Waals surface area (Å²) >= 11 is 0. The van der Waals surface area contributed by atoms with Crippen molar-refractivity contribution in [1.29, 1.82) is 0 Å². The van der Waals surface area contributed by atoms with Crippen molar-refractivity contribution in [2.75, 3.05) is 25.1 Å². The molecule has 1 heterocycles.